The number of nitrogens with one attached hydrogen (secondary N) is 2. The third-order valence-electron chi connectivity index (χ3n) is 5.11. The number of hydrogen-bond acceptors (Lipinski definition) is 6. The van der Waals surface area contributed by atoms with Gasteiger partial charge in [-0.25, -0.2) is 17.8 Å². The van der Waals surface area contributed by atoms with E-state index in [-0.39, 0.29) is 30.1 Å². The van der Waals surface area contributed by atoms with E-state index in [0.717, 1.165) is 10.7 Å². The summed E-state index contributed by atoms with van der Waals surface area (Å²) in [6.45, 7) is 0.679. The molecule has 4 rings (SSSR count). The molecule has 0 bridgehead atoms. The maximum atomic E-state index is 14.9. The summed E-state index contributed by atoms with van der Waals surface area (Å²) in [5.41, 5.74) is 1.23. The van der Waals surface area contributed by atoms with Crippen LogP contribution in [0, 0.1) is 5.82 Å². The normalized spacial score (nSPS) is 14.2. The molecule has 180 valence electrons. The van der Waals surface area contributed by atoms with Crippen molar-refractivity contribution in [3.8, 4) is 11.3 Å². The summed E-state index contributed by atoms with van der Waals surface area (Å²) in [6.07, 6.45) is 3.35. The van der Waals surface area contributed by atoms with E-state index in [4.69, 9.17) is 11.6 Å². The summed E-state index contributed by atoms with van der Waals surface area (Å²) in [5, 5.41) is 0. The fraction of sp³-hybridized carbons (Fsp3) is 0.273. The number of carbonyl (C=O) groups is 1. The van der Waals surface area contributed by atoms with Gasteiger partial charge in [0.15, 0.2) is 0 Å². The molecule has 3 heterocycles. The number of H-pyrrole nitrogens is 1. The molecule has 1 aliphatic heterocycles. The van der Waals surface area contributed by atoms with Crippen molar-refractivity contribution in [2.24, 2.45) is 0 Å². The Morgan fingerprint density at radius 2 is 2.09 bits per heavy atom. The maximum Gasteiger partial charge on any atom is 0.275 e. The zero-order valence-corrected chi connectivity index (χ0v) is 20.9. The molecule has 12 heteroatoms. The number of sulfonamides is 1. The lowest BCUT2D eigenvalue weighted by atomic mass is 10.1. The monoisotopic (exact) mass is 523 g/mol. The molecular weight excluding hydrogens is 501 g/mol. The molecule has 1 aromatic carbocycles. The second-order valence-electron chi connectivity index (χ2n) is 8.06. The number of hydrogen-bond donors (Lipinski definition) is 2. The fourth-order valence-electron chi connectivity index (χ4n) is 3.51. The van der Waals surface area contributed by atoms with Gasteiger partial charge in [0.05, 0.1) is 34.2 Å². The Morgan fingerprint density at radius 1 is 1.29 bits per heavy atom. The van der Waals surface area contributed by atoms with Gasteiger partial charge in [-0.2, -0.15) is 0 Å². The molecule has 2 N–H and O–H groups in total. The van der Waals surface area contributed by atoms with Crippen LogP contribution in [0.2, 0.25) is 4.34 Å². The summed E-state index contributed by atoms with van der Waals surface area (Å²) in [4.78, 5) is 24.2. The van der Waals surface area contributed by atoms with E-state index in [2.05, 4.69) is 14.7 Å². The summed E-state index contributed by atoms with van der Waals surface area (Å²) in [6, 6.07) is 7.98. The highest BCUT2D eigenvalue weighted by Crippen LogP contribution is 2.28. The second kappa shape index (κ2) is 9.87. The molecule has 0 atom stereocenters. The van der Waals surface area contributed by atoms with Crippen molar-refractivity contribution in [1.82, 2.24) is 19.6 Å². The average Bonchev–Trinajstić information content (AvgIpc) is 3.48. The van der Waals surface area contributed by atoms with Crippen LogP contribution < -0.4 is 9.62 Å². The molecule has 8 nitrogen and oxygen atoms in total. The van der Waals surface area contributed by atoms with Crippen LogP contribution >= 0.6 is 22.9 Å². The Balaban J connectivity index is 1.42. The Bertz CT molecular complexity index is 1350. The first kappa shape index (κ1) is 24.4. The lowest BCUT2D eigenvalue weighted by Gasteiger charge is -2.18. The van der Waals surface area contributed by atoms with E-state index in [1.807, 2.05) is 19.0 Å². The smallest absolute Gasteiger partial charge is 0.275 e. The van der Waals surface area contributed by atoms with Gasteiger partial charge < -0.3 is 14.8 Å². The quantitative estimate of drug-likeness (QED) is 0.448. The van der Waals surface area contributed by atoms with Crippen molar-refractivity contribution in [2.75, 3.05) is 31.3 Å². The molecule has 2 aromatic heterocycles. The zero-order valence-electron chi connectivity index (χ0n) is 18.5. The molecule has 0 saturated carbocycles. The molecule has 1 aliphatic rings. The van der Waals surface area contributed by atoms with Crippen LogP contribution in [0.4, 0.5) is 10.1 Å². The van der Waals surface area contributed by atoms with Crippen LogP contribution in [0.25, 0.3) is 11.3 Å². The number of imidazole rings is 1. The highest BCUT2D eigenvalue weighted by molar-refractivity contribution is 7.89. The number of anilines is 1. The molecule has 0 saturated heterocycles. The number of benzene rings is 1. The van der Waals surface area contributed by atoms with Crippen LogP contribution in [-0.2, 0) is 27.8 Å². The summed E-state index contributed by atoms with van der Waals surface area (Å²) < 4.78 is 42.8. The van der Waals surface area contributed by atoms with Crippen LogP contribution in [0.3, 0.4) is 0 Å². The lowest BCUT2D eigenvalue weighted by molar-refractivity contribution is -0.114. The van der Waals surface area contributed by atoms with Gasteiger partial charge in [-0.05, 0) is 50.9 Å². The first-order valence-electron chi connectivity index (χ1n) is 10.4. The van der Waals surface area contributed by atoms with Crippen molar-refractivity contribution >= 4 is 44.6 Å². The number of carbonyl (C=O) groups excluding carboxylic acids is 1. The summed E-state index contributed by atoms with van der Waals surface area (Å²) in [5.74, 6) is -0.647. The highest BCUT2D eigenvalue weighted by Gasteiger charge is 2.30. The largest absolute Gasteiger partial charge is 0.341 e. The number of rotatable bonds is 9. The van der Waals surface area contributed by atoms with Crippen LogP contribution in [0.1, 0.15) is 10.7 Å². The number of nitrogens with zero attached hydrogens (tertiary/aromatic N) is 3. The SMILES string of the molecule is CN(C)Cc1ncc(-c2ccc(N3CC=C(NS(=O)(=O)CCc4ccc(Cl)s4)C3=O)c(F)c2)[nH]1. The van der Waals surface area contributed by atoms with Crippen LogP contribution in [0.15, 0.2) is 48.3 Å². The zero-order chi connectivity index (χ0) is 24.5. The van der Waals surface area contributed by atoms with Gasteiger partial charge in [0.25, 0.3) is 5.91 Å². The Kier molecular flexibility index (Phi) is 7.08. The van der Waals surface area contributed by atoms with Gasteiger partial charge in [-0.3, -0.25) is 9.52 Å². The Hall–Kier alpha value is -2.73. The van der Waals surface area contributed by atoms with Gasteiger partial charge in [-0.1, -0.05) is 17.7 Å². The minimum Gasteiger partial charge on any atom is -0.341 e. The predicted octanol–water partition coefficient (Wildman–Crippen LogP) is 3.38. The fourth-order valence-corrected chi connectivity index (χ4v) is 5.83. The number of aromatic nitrogens is 2. The van der Waals surface area contributed by atoms with Crippen LogP contribution in [-0.4, -0.2) is 55.6 Å². The molecule has 3 aromatic rings. The standard InChI is InChI=1S/C22H23ClFN5O3S2/c1-28(2)13-21-25-12-18(26-21)14-3-5-19(16(24)11-14)29-9-7-17(22(29)30)27-34(31,32)10-8-15-4-6-20(23)33-15/h3-7,11-12,27H,8-10,13H2,1-2H3,(H,25,26). The molecule has 34 heavy (non-hydrogen) atoms. The molecule has 0 radical (unpaired) electrons. The van der Waals surface area contributed by atoms with Gasteiger partial charge in [0.2, 0.25) is 10.0 Å². The molecule has 0 unspecified atom stereocenters. The Labute approximate surface area is 206 Å². The molecule has 0 aliphatic carbocycles. The van der Waals surface area contributed by atoms with Crippen molar-refractivity contribution in [2.45, 2.75) is 13.0 Å². The molecular formula is C22H23ClFN5O3S2. The van der Waals surface area contributed by atoms with E-state index in [1.54, 1.807) is 24.4 Å². The number of thiophene rings is 1. The molecule has 0 spiro atoms. The number of halogens is 2. The van der Waals surface area contributed by atoms with E-state index in [0.29, 0.717) is 22.1 Å². The summed E-state index contributed by atoms with van der Waals surface area (Å²) in [7, 11) is 0.0827. The van der Waals surface area contributed by atoms with E-state index in [1.165, 1.54) is 34.4 Å². The van der Waals surface area contributed by atoms with E-state index < -0.39 is 21.7 Å². The Morgan fingerprint density at radius 3 is 2.76 bits per heavy atom. The third-order valence-corrected chi connectivity index (χ3v) is 7.67. The van der Waals surface area contributed by atoms with Gasteiger partial charge in [0.1, 0.15) is 17.3 Å². The molecule has 0 fully saturated rings. The third kappa shape index (κ3) is 5.66. The average molecular weight is 524 g/mol. The minimum atomic E-state index is -3.76. The number of amides is 1. The van der Waals surface area contributed by atoms with E-state index in [9.17, 15) is 17.6 Å². The lowest BCUT2D eigenvalue weighted by Crippen LogP contribution is -2.34. The van der Waals surface area contributed by atoms with Crippen molar-refractivity contribution < 1.29 is 17.6 Å². The predicted molar refractivity (Wildman–Crippen MR) is 132 cm³/mol. The minimum absolute atomic E-state index is 0.0600. The van der Waals surface area contributed by atoms with Crippen molar-refractivity contribution in [3.05, 3.63) is 69.2 Å². The first-order chi connectivity index (χ1) is 16.1. The van der Waals surface area contributed by atoms with Gasteiger partial charge in [0, 0.05) is 17.0 Å². The summed E-state index contributed by atoms with van der Waals surface area (Å²) >= 11 is 7.18. The van der Waals surface area contributed by atoms with Crippen molar-refractivity contribution in [1.29, 1.82) is 0 Å². The maximum absolute atomic E-state index is 14.9. The number of aromatic amines is 1. The van der Waals surface area contributed by atoms with Crippen molar-refractivity contribution in [3.63, 3.8) is 0 Å². The molecule has 1 amide bonds. The van der Waals surface area contributed by atoms with Gasteiger partial charge >= 0.3 is 0 Å². The van der Waals surface area contributed by atoms with Crippen LogP contribution in [0.5, 0.6) is 0 Å². The number of aryl methyl sites for hydroxylation is 1. The second-order valence-corrected chi connectivity index (χ2v) is 11.7. The first-order valence-corrected chi connectivity index (χ1v) is 13.2. The van der Waals surface area contributed by atoms with E-state index >= 15 is 0 Å². The topological polar surface area (TPSA) is 98.4 Å². The highest BCUT2D eigenvalue weighted by atomic mass is 35.5. The van der Waals surface area contributed by atoms with Gasteiger partial charge in [-0.15, -0.1) is 11.3 Å².